The van der Waals surface area contributed by atoms with Gasteiger partial charge in [0, 0.05) is 25.6 Å². The third kappa shape index (κ3) is 3.08. The lowest BCUT2D eigenvalue weighted by molar-refractivity contribution is -0.0663. The number of morpholine rings is 1. The Balaban J connectivity index is 1.76. The van der Waals surface area contributed by atoms with Gasteiger partial charge in [0.2, 0.25) is 5.95 Å². The molecule has 0 aliphatic carbocycles. The zero-order chi connectivity index (χ0) is 17.2. The number of nitrogens with zero attached hydrogens (tertiary/aromatic N) is 5. The number of imidazole rings is 1. The van der Waals surface area contributed by atoms with Crippen molar-refractivity contribution in [2.75, 3.05) is 44.4 Å². The lowest BCUT2D eigenvalue weighted by Gasteiger charge is -2.33. The number of rotatable bonds is 4. The van der Waals surface area contributed by atoms with Crippen LogP contribution in [0, 0.1) is 5.92 Å². The molecule has 9 heteroatoms. The first-order valence-electron chi connectivity index (χ1n) is 8.69. The fraction of sp³-hybridized carbons (Fsp3) is 0.688. The van der Waals surface area contributed by atoms with Crippen molar-refractivity contribution in [3.05, 3.63) is 12.0 Å². The number of hydrogen-bond donors (Lipinski definition) is 2. The van der Waals surface area contributed by atoms with Crippen molar-refractivity contribution in [3.8, 4) is 0 Å². The van der Waals surface area contributed by atoms with E-state index in [4.69, 9.17) is 14.5 Å². The van der Waals surface area contributed by atoms with Gasteiger partial charge in [0.15, 0.2) is 5.65 Å². The maximum atomic E-state index is 9.59. The molecular formula is C16H23N5O4. The van der Waals surface area contributed by atoms with Crippen molar-refractivity contribution >= 4 is 17.1 Å². The summed E-state index contributed by atoms with van der Waals surface area (Å²) in [5.41, 5.74) is 1.80. The summed E-state index contributed by atoms with van der Waals surface area (Å²) in [6.45, 7) is 3.27. The highest BCUT2D eigenvalue weighted by molar-refractivity contribution is 5.77. The third-order valence-electron chi connectivity index (χ3n) is 4.87. The maximum Gasteiger partial charge on any atom is 0.210 e. The molecule has 0 aromatic carbocycles. The first-order valence-corrected chi connectivity index (χ1v) is 8.69. The van der Waals surface area contributed by atoms with Gasteiger partial charge in [0.25, 0.3) is 0 Å². The second kappa shape index (κ2) is 7.20. The summed E-state index contributed by atoms with van der Waals surface area (Å²) in [4.78, 5) is 15.5. The Hall–Kier alpha value is -1.81. The topological polar surface area (TPSA) is 106 Å². The molecule has 2 N–H and O–H groups in total. The highest BCUT2D eigenvalue weighted by Crippen LogP contribution is 2.34. The van der Waals surface area contributed by atoms with Crippen LogP contribution in [0.1, 0.15) is 24.8 Å². The smallest absolute Gasteiger partial charge is 0.210 e. The van der Waals surface area contributed by atoms with Gasteiger partial charge in [0.05, 0.1) is 32.1 Å². The van der Waals surface area contributed by atoms with Crippen LogP contribution in [0.5, 0.6) is 0 Å². The maximum absolute atomic E-state index is 9.59. The van der Waals surface area contributed by atoms with Gasteiger partial charge in [-0.1, -0.05) is 0 Å². The van der Waals surface area contributed by atoms with Crippen molar-refractivity contribution < 1.29 is 19.7 Å². The molecule has 136 valence electrons. The fourth-order valence-electron chi connectivity index (χ4n) is 3.45. The van der Waals surface area contributed by atoms with Crippen LogP contribution in [0.4, 0.5) is 5.95 Å². The largest absolute Gasteiger partial charge is 0.396 e. The predicted molar refractivity (Wildman–Crippen MR) is 89.1 cm³/mol. The van der Waals surface area contributed by atoms with Crippen LogP contribution in [0.15, 0.2) is 6.33 Å². The molecule has 2 unspecified atom stereocenters. The zero-order valence-electron chi connectivity index (χ0n) is 14.0. The van der Waals surface area contributed by atoms with Crippen molar-refractivity contribution in [1.29, 1.82) is 0 Å². The quantitative estimate of drug-likeness (QED) is 0.799. The molecule has 2 aliphatic rings. The van der Waals surface area contributed by atoms with E-state index >= 15 is 0 Å². The lowest BCUT2D eigenvalue weighted by Crippen LogP contribution is -2.39. The molecule has 2 aromatic rings. The number of ether oxygens (including phenoxy) is 2. The third-order valence-corrected chi connectivity index (χ3v) is 4.87. The van der Waals surface area contributed by atoms with Gasteiger partial charge in [0.1, 0.15) is 18.1 Å². The number of fused-ring (bicyclic) bond motifs is 1. The predicted octanol–water partition coefficient (Wildman–Crippen LogP) is 0.0727. The first kappa shape index (κ1) is 16.6. The molecule has 9 nitrogen and oxygen atoms in total. The van der Waals surface area contributed by atoms with E-state index in [0.717, 1.165) is 31.9 Å². The van der Waals surface area contributed by atoms with Crippen LogP contribution < -0.4 is 4.90 Å². The molecule has 2 aromatic heterocycles. The van der Waals surface area contributed by atoms with E-state index in [1.54, 1.807) is 0 Å². The van der Waals surface area contributed by atoms with Crippen LogP contribution in [0.25, 0.3) is 11.2 Å². The second-order valence-corrected chi connectivity index (χ2v) is 6.45. The summed E-state index contributed by atoms with van der Waals surface area (Å²) >= 11 is 0. The van der Waals surface area contributed by atoms with Crippen LogP contribution in [0.3, 0.4) is 0 Å². The summed E-state index contributed by atoms with van der Waals surface area (Å²) < 4.78 is 13.5. The number of aliphatic hydroxyl groups excluding tert-OH is 2. The highest BCUT2D eigenvalue weighted by Gasteiger charge is 2.30. The van der Waals surface area contributed by atoms with Gasteiger partial charge >= 0.3 is 0 Å². The number of aliphatic hydroxyl groups is 2. The lowest BCUT2D eigenvalue weighted by atomic mass is 10.0. The second-order valence-electron chi connectivity index (χ2n) is 6.45. The monoisotopic (exact) mass is 349 g/mol. The highest BCUT2D eigenvalue weighted by atomic mass is 16.5. The van der Waals surface area contributed by atoms with Crippen LogP contribution >= 0.6 is 0 Å². The van der Waals surface area contributed by atoms with E-state index < -0.39 is 0 Å². The Labute approximate surface area is 145 Å². The first-order chi connectivity index (χ1) is 12.3. The van der Waals surface area contributed by atoms with Crippen LogP contribution in [-0.4, -0.2) is 69.2 Å². The van der Waals surface area contributed by atoms with Gasteiger partial charge in [-0.25, -0.2) is 15.0 Å². The van der Waals surface area contributed by atoms with Crippen LogP contribution in [0.2, 0.25) is 0 Å². The standard InChI is InChI=1S/C16H23N5O4/c22-7-11-1-2-13(25-9-11)21-15-14(12(8-23)17-10-18-15)19-16(21)20-3-5-24-6-4-20/h10-11,13,22-23H,1-9H2. The molecule has 2 saturated heterocycles. The normalized spacial score (nSPS) is 24.8. The number of hydrogen-bond acceptors (Lipinski definition) is 8. The van der Waals surface area contributed by atoms with Gasteiger partial charge in [-0.3, -0.25) is 4.57 Å². The summed E-state index contributed by atoms with van der Waals surface area (Å²) in [5, 5.41) is 18.9. The average molecular weight is 349 g/mol. The average Bonchev–Trinajstić information content (AvgIpc) is 3.08. The molecule has 2 atom stereocenters. The summed E-state index contributed by atoms with van der Waals surface area (Å²) in [6, 6.07) is 0. The molecular weight excluding hydrogens is 326 g/mol. The van der Waals surface area contributed by atoms with Gasteiger partial charge in [-0.2, -0.15) is 0 Å². The molecule has 4 heterocycles. The minimum Gasteiger partial charge on any atom is -0.396 e. The molecule has 2 fully saturated rings. The van der Waals surface area contributed by atoms with Crippen molar-refractivity contribution in [3.63, 3.8) is 0 Å². The Morgan fingerprint density at radius 1 is 1.16 bits per heavy atom. The van der Waals surface area contributed by atoms with Gasteiger partial charge in [-0.05, 0) is 12.8 Å². The summed E-state index contributed by atoms with van der Waals surface area (Å²) in [5.74, 6) is 0.960. The van der Waals surface area contributed by atoms with Crippen molar-refractivity contribution in [1.82, 2.24) is 19.5 Å². The number of anilines is 1. The fourth-order valence-corrected chi connectivity index (χ4v) is 3.45. The molecule has 0 saturated carbocycles. The van der Waals surface area contributed by atoms with E-state index in [0.29, 0.717) is 36.7 Å². The molecule has 0 amide bonds. The van der Waals surface area contributed by atoms with E-state index in [1.165, 1.54) is 6.33 Å². The molecule has 0 radical (unpaired) electrons. The van der Waals surface area contributed by atoms with E-state index in [1.807, 2.05) is 4.57 Å². The Bertz CT molecular complexity index is 723. The summed E-state index contributed by atoms with van der Waals surface area (Å²) in [7, 11) is 0. The molecule has 0 spiro atoms. The van der Waals surface area contributed by atoms with Gasteiger partial charge < -0.3 is 24.6 Å². The Morgan fingerprint density at radius 3 is 2.68 bits per heavy atom. The SMILES string of the molecule is OCc1ncnc2c1nc(N1CCOCC1)n2C1CCC(CO)CO1. The molecule has 0 bridgehead atoms. The molecule has 4 rings (SSSR count). The molecule has 25 heavy (non-hydrogen) atoms. The van der Waals surface area contributed by atoms with E-state index in [9.17, 15) is 10.2 Å². The summed E-state index contributed by atoms with van der Waals surface area (Å²) in [6.07, 6.45) is 2.94. The zero-order valence-corrected chi connectivity index (χ0v) is 14.0. The van der Waals surface area contributed by atoms with E-state index in [2.05, 4.69) is 14.9 Å². The minimum absolute atomic E-state index is 0.143. The minimum atomic E-state index is -0.188. The Morgan fingerprint density at radius 2 is 2.00 bits per heavy atom. The molecule has 2 aliphatic heterocycles. The van der Waals surface area contributed by atoms with Crippen molar-refractivity contribution in [2.45, 2.75) is 25.7 Å². The Kier molecular flexibility index (Phi) is 4.80. The van der Waals surface area contributed by atoms with Crippen LogP contribution in [-0.2, 0) is 16.1 Å². The van der Waals surface area contributed by atoms with Crippen molar-refractivity contribution in [2.24, 2.45) is 5.92 Å². The van der Waals surface area contributed by atoms with Gasteiger partial charge in [-0.15, -0.1) is 0 Å². The number of aromatic nitrogens is 4. The van der Waals surface area contributed by atoms with E-state index in [-0.39, 0.29) is 25.4 Å².